The molecule has 2 nitrogen and oxygen atoms in total. The number of anilines is 1. The Hall–Kier alpha value is -2.74. The third kappa shape index (κ3) is 5.88. The summed E-state index contributed by atoms with van der Waals surface area (Å²) in [7, 11) is 0. The minimum atomic E-state index is 0.392. The van der Waals surface area contributed by atoms with Gasteiger partial charge in [-0.3, -0.25) is 0 Å². The summed E-state index contributed by atoms with van der Waals surface area (Å²) in [5.74, 6) is 0. The van der Waals surface area contributed by atoms with Crippen LogP contribution in [0, 0.1) is 0 Å². The number of hydrogen-bond acceptors (Lipinski definition) is 2. The maximum atomic E-state index is 3.68. The highest BCUT2D eigenvalue weighted by atomic mass is 14.9. The molecule has 0 bridgehead atoms. The van der Waals surface area contributed by atoms with Crippen LogP contribution >= 0.6 is 0 Å². The van der Waals surface area contributed by atoms with E-state index in [1.165, 1.54) is 22.4 Å². The summed E-state index contributed by atoms with van der Waals surface area (Å²) in [5.41, 5.74) is 7.44. The van der Waals surface area contributed by atoms with Crippen LogP contribution < -0.4 is 10.6 Å². The van der Waals surface area contributed by atoms with Crippen LogP contribution in [0.4, 0.5) is 5.69 Å². The van der Waals surface area contributed by atoms with Crippen LogP contribution in [0.2, 0.25) is 0 Å². The van der Waals surface area contributed by atoms with Gasteiger partial charge < -0.3 is 10.6 Å². The molecular weight excluding hydrogens is 340 g/mol. The molecule has 0 radical (unpaired) electrons. The summed E-state index contributed by atoms with van der Waals surface area (Å²) in [5, 5.41) is 7.15. The van der Waals surface area contributed by atoms with Gasteiger partial charge in [0.2, 0.25) is 0 Å². The van der Waals surface area contributed by atoms with Gasteiger partial charge in [-0.25, -0.2) is 0 Å². The topological polar surface area (TPSA) is 24.1 Å². The van der Waals surface area contributed by atoms with E-state index in [0.29, 0.717) is 6.04 Å². The molecule has 0 fully saturated rings. The molecule has 0 heterocycles. The van der Waals surface area contributed by atoms with E-state index < -0.39 is 0 Å². The van der Waals surface area contributed by atoms with Gasteiger partial charge in [0.1, 0.15) is 0 Å². The fraction of sp³-hybridized carbons (Fsp3) is 0.308. The maximum Gasteiger partial charge on any atom is 0.0479 e. The van der Waals surface area contributed by atoms with Gasteiger partial charge in [0.15, 0.2) is 0 Å². The van der Waals surface area contributed by atoms with Crippen LogP contribution in [0.5, 0.6) is 0 Å². The molecule has 2 aliphatic rings. The monoisotopic (exact) mass is 372 g/mol. The Kier molecular flexibility index (Phi) is 7.13. The average molecular weight is 373 g/mol. The SMILES string of the molecule is C/C=C(\C=C(C)C)Nc1ccc(C2=CCC(NC3=CCCC=CC3)C=C2)cc1. The molecule has 0 amide bonds. The number of benzene rings is 1. The van der Waals surface area contributed by atoms with E-state index in [2.05, 4.69) is 104 Å². The van der Waals surface area contributed by atoms with Crippen LogP contribution in [0.1, 0.15) is 52.0 Å². The third-order valence-electron chi connectivity index (χ3n) is 4.96. The summed E-state index contributed by atoms with van der Waals surface area (Å²) in [6.07, 6.45) is 22.4. The fourth-order valence-corrected chi connectivity index (χ4v) is 3.48. The average Bonchev–Trinajstić information content (AvgIpc) is 2.97. The molecule has 2 aliphatic carbocycles. The van der Waals surface area contributed by atoms with Crippen molar-refractivity contribution in [3.8, 4) is 0 Å². The Morgan fingerprint density at radius 3 is 2.54 bits per heavy atom. The first-order valence-corrected chi connectivity index (χ1v) is 10.3. The van der Waals surface area contributed by atoms with Gasteiger partial charge in [0, 0.05) is 29.5 Å². The van der Waals surface area contributed by atoms with Crippen molar-refractivity contribution in [3.05, 3.63) is 95.4 Å². The Bertz CT molecular complexity index is 841. The molecule has 2 heteroatoms. The molecule has 28 heavy (non-hydrogen) atoms. The molecule has 1 aromatic rings. The second kappa shape index (κ2) is 9.98. The highest BCUT2D eigenvalue weighted by molar-refractivity contribution is 5.76. The van der Waals surface area contributed by atoms with Crippen LogP contribution in [0.15, 0.2) is 89.8 Å². The predicted molar refractivity (Wildman–Crippen MR) is 123 cm³/mol. The predicted octanol–water partition coefficient (Wildman–Crippen LogP) is 6.89. The van der Waals surface area contributed by atoms with E-state index in [9.17, 15) is 0 Å². The van der Waals surface area contributed by atoms with Crippen molar-refractivity contribution in [1.29, 1.82) is 0 Å². The normalized spacial score (nSPS) is 19.4. The van der Waals surface area contributed by atoms with Gasteiger partial charge >= 0.3 is 0 Å². The van der Waals surface area contributed by atoms with Gasteiger partial charge in [-0.05, 0) is 69.4 Å². The zero-order valence-electron chi connectivity index (χ0n) is 17.3. The van der Waals surface area contributed by atoms with Gasteiger partial charge in [-0.1, -0.05) is 60.2 Å². The van der Waals surface area contributed by atoms with E-state index >= 15 is 0 Å². The summed E-state index contributed by atoms with van der Waals surface area (Å²) in [4.78, 5) is 0. The lowest BCUT2D eigenvalue weighted by molar-refractivity contribution is 0.661. The van der Waals surface area contributed by atoms with Crippen LogP contribution in [0.3, 0.4) is 0 Å². The summed E-state index contributed by atoms with van der Waals surface area (Å²) >= 11 is 0. The van der Waals surface area contributed by atoms with E-state index in [0.717, 1.165) is 37.1 Å². The standard InChI is InChI=1S/C26H32N2/c1-4-23(19-20(2)3)27-25-15-11-21(12-16-25)22-13-17-26(18-14-22)28-24-9-7-5-6-8-10-24/h4-5,7,10-17,19,26-28H,6,8-9,18H2,1-3H3/b23-4+. The minimum absolute atomic E-state index is 0.392. The molecule has 0 saturated carbocycles. The van der Waals surface area contributed by atoms with Gasteiger partial charge in [-0.15, -0.1) is 0 Å². The molecular formula is C26H32N2. The van der Waals surface area contributed by atoms with Gasteiger partial charge in [-0.2, -0.15) is 0 Å². The largest absolute Gasteiger partial charge is 0.382 e. The van der Waals surface area contributed by atoms with E-state index in [-0.39, 0.29) is 0 Å². The van der Waals surface area contributed by atoms with Crippen molar-refractivity contribution in [2.24, 2.45) is 0 Å². The molecule has 1 atom stereocenters. The smallest absolute Gasteiger partial charge is 0.0479 e. The van der Waals surface area contributed by atoms with Crippen LogP contribution in [-0.2, 0) is 0 Å². The van der Waals surface area contributed by atoms with Gasteiger partial charge in [0.05, 0.1) is 0 Å². The van der Waals surface area contributed by atoms with E-state index in [4.69, 9.17) is 0 Å². The van der Waals surface area contributed by atoms with Gasteiger partial charge in [0.25, 0.3) is 0 Å². The lowest BCUT2D eigenvalue weighted by Crippen LogP contribution is -2.27. The molecule has 2 N–H and O–H groups in total. The minimum Gasteiger partial charge on any atom is -0.382 e. The second-order valence-corrected chi connectivity index (χ2v) is 7.66. The number of hydrogen-bond donors (Lipinski definition) is 2. The van der Waals surface area contributed by atoms with Crippen molar-refractivity contribution < 1.29 is 0 Å². The molecule has 0 saturated heterocycles. The number of allylic oxidation sites excluding steroid dienone is 8. The Morgan fingerprint density at radius 1 is 1.04 bits per heavy atom. The van der Waals surface area contributed by atoms with Crippen molar-refractivity contribution >= 4 is 11.3 Å². The highest BCUT2D eigenvalue weighted by Crippen LogP contribution is 2.24. The fourth-order valence-electron chi connectivity index (χ4n) is 3.48. The first kappa shape index (κ1) is 20.0. The van der Waals surface area contributed by atoms with E-state index in [1.807, 2.05) is 0 Å². The van der Waals surface area contributed by atoms with Crippen molar-refractivity contribution in [1.82, 2.24) is 5.32 Å². The number of rotatable bonds is 6. The third-order valence-corrected chi connectivity index (χ3v) is 4.96. The lowest BCUT2D eigenvalue weighted by atomic mass is 9.96. The van der Waals surface area contributed by atoms with Crippen molar-refractivity contribution in [2.75, 3.05) is 5.32 Å². The first-order valence-electron chi connectivity index (χ1n) is 10.3. The molecule has 0 aromatic heterocycles. The van der Waals surface area contributed by atoms with E-state index in [1.54, 1.807) is 0 Å². The first-order chi connectivity index (χ1) is 13.6. The van der Waals surface area contributed by atoms with Crippen LogP contribution in [0.25, 0.3) is 5.57 Å². The zero-order chi connectivity index (χ0) is 19.8. The summed E-state index contributed by atoms with van der Waals surface area (Å²) in [6.45, 7) is 6.28. The number of nitrogens with one attached hydrogen (secondary N) is 2. The second-order valence-electron chi connectivity index (χ2n) is 7.66. The maximum absolute atomic E-state index is 3.68. The summed E-state index contributed by atoms with van der Waals surface area (Å²) in [6, 6.07) is 9.09. The molecule has 0 spiro atoms. The lowest BCUT2D eigenvalue weighted by Gasteiger charge is -2.20. The Labute approximate surface area is 170 Å². The highest BCUT2D eigenvalue weighted by Gasteiger charge is 2.11. The van der Waals surface area contributed by atoms with Crippen molar-refractivity contribution in [2.45, 2.75) is 52.5 Å². The molecule has 1 aromatic carbocycles. The molecule has 1 unspecified atom stereocenters. The Balaban J connectivity index is 1.58. The molecule has 146 valence electrons. The zero-order valence-corrected chi connectivity index (χ0v) is 17.3. The quantitative estimate of drug-likeness (QED) is 0.419. The Morgan fingerprint density at radius 2 is 1.86 bits per heavy atom. The molecule has 3 rings (SSSR count). The van der Waals surface area contributed by atoms with Crippen LogP contribution in [-0.4, -0.2) is 6.04 Å². The molecule has 0 aliphatic heterocycles. The van der Waals surface area contributed by atoms with Crippen molar-refractivity contribution in [3.63, 3.8) is 0 Å². The summed E-state index contributed by atoms with van der Waals surface area (Å²) < 4.78 is 0.